The third kappa shape index (κ3) is 1.79. The molecule has 2 heterocycles. The molecule has 0 aliphatic heterocycles. The Balaban J connectivity index is 0.000000980. The zero-order chi connectivity index (χ0) is 9.42. The van der Waals surface area contributed by atoms with Gasteiger partial charge < -0.3 is 5.11 Å². The van der Waals surface area contributed by atoms with Gasteiger partial charge in [0.1, 0.15) is 0 Å². The molecule has 0 saturated heterocycles. The number of aromatic nitrogens is 2. The van der Waals surface area contributed by atoms with Crippen molar-refractivity contribution in [1.82, 2.24) is 9.61 Å². The first-order valence-electron chi connectivity index (χ1n) is 3.55. The van der Waals surface area contributed by atoms with Crippen LogP contribution in [0.15, 0.2) is 24.5 Å². The van der Waals surface area contributed by atoms with Crippen LogP contribution in [0, 0.1) is 0 Å². The number of carbonyl (C=O) groups is 1. The Morgan fingerprint density at radius 1 is 1.50 bits per heavy atom. The van der Waals surface area contributed by atoms with Crippen LogP contribution >= 0.6 is 11.6 Å². The van der Waals surface area contributed by atoms with Gasteiger partial charge in [-0.15, -0.1) is 0 Å². The van der Waals surface area contributed by atoms with Crippen LogP contribution in [0.2, 0.25) is 5.02 Å². The summed E-state index contributed by atoms with van der Waals surface area (Å²) in [4.78, 5) is 10.7. The van der Waals surface area contributed by atoms with E-state index < -0.39 is 5.97 Å². The topological polar surface area (TPSA) is 54.6 Å². The Labute approximate surface area is 107 Å². The van der Waals surface area contributed by atoms with Gasteiger partial charge in [-0.3, -0.25) is 0 Å². The van der Waals surface area contributed by atoms with Crippen LogP contribution in [-0.4, -0.2) is 50.2 Å². The van der Waals surface area contributed by atoms with Gasteiger partial charge >= 0.3 is 35.5 Å². The number of nitrogens with zero attached hydrogens (tertiary/aromatic N) is 2. The molecule has 0 unspecified atom stereocenters. The van der Waals surface area contributed by atoms with E-state index >= 15 is 0 Å². The predicted octanol–water partition coefficient (Wildman–Crippen LogP) is 1.04. The van der Waals surface area contributed by atoms with Gasteiger partial charge in [0.25, 0.3) is 0 Å². The van der Waals surface area contributed by atoms with Crippen molar-refractivity contribution in [2.24, 2.45) is 0 Å². The van der Waals surface area contributed by atoms with E-state index in [0.717, 1.165) is 0 Å². The number of aromatic carboxylic acids is 1. The molecule has 0 aromatic carbocycles. The summed E-state index contributed by atoms with van der Waals surface area (Å²) in [6, 6.07) is 3.08. The third-order valence-electron chi connectivity index (χ3n) is 1.74. The van der Waals surface area contributed by atoms with Crippen molar-refractivity contribution in [1.29, 1.82) is 0 Å². The van der Waals surface area contributed by atoms with Crippen molar-refractivity contribution < 1.29 is 9.90 Å². The van der Waals surface area contributed by atoms with Crippen LogP contribution < -0.4 is 0 Å². The molecule has 0 aliphatic rings. The summed E-state index contributed by atoms with van der Waals surface area (Å²) in [5.74, 6) is -1.03. The Bertz CT molecular complexity index is 483. The number of hydrogen-bond acceptors (Lipinski definition) is 2. The summed E-state index contributed by atoms with van der Waals surface area (Å²) in [5, 5.41) is 12.9. The molecular weight excluding hydrogens is 215 g/mol. The average Bonchev–Trinajstić information content (AvgIpc) is 2.52. The van der Waals surface area contributed by atoms with E-state index in [0.29, 0.717) is 5.52 Å². The molecule has 0 aliphatic carbocycles. The fourth-order valence-electron chi connectivity index (χ4n) is 1.13. The maximum absolute atomic E-state index is 10.7. The van der Waals surface area contributed by atoms with Crippen molar-refractivity contribution >= 4 is 52.6 Å². The molecule has 4 nitrogen and oxygen atoms in total. The molecule has 14 heavy (non-hydrogen) atoms. The number of pyridine rings is 1. The fourth-order valence-corrected chi connectivity index (χ4v) is 1.42. The maximum atomic E-state index is 10.7. The van der Waals surface area contributed by atoms with Crippen LogP contribution in [0.5, 0.6) is 0 Å². The Morgan fingerprint density at radius 2 is 2.21 bits per heavy atom. The molecule has 68 valence electrons. The monoisotopic (exact) mass is 220 g/mol. The second-order valence-electron chi connectivity index (χ2n) is 2.51. The third-order valence-corrected chi connectivity index (χ3v) is 2.14. The van der Waals surface area contributed by atoms with E-state index in [4.69, 9.17) is 16.7 Å². The number of carboxylic acid groups (broad SMARTS) is 1. The van der Waals surface area contributed by atoms with E-state index in [2.05, 4.69) is 5.10 Å². The normalized spacial score (nSPS) is 9.79. The Kier molecular flexibility index (Phi) is 3.55. The van der Waals surface area contributed by atoms with Crippen LogP contribution in [0.4, 0.5) is 0 Å². The van der Waals surface area contributed by atoms with Crippen molar-refractivity contribution in [3.05, 3.63) is 35.1 Å². The Morgan fingerprint density at radius 3 is 2.86 bits per heavy atom. The summed E-state index contributed by atoms with van der Waals surface area (Å²) < 4.78 is 1.52. The first-order chi connectivity index (χ1) is 6.20. The van der Waals surface area contributed by atoms with Gasteiger partial charge in [0.2, 0.25) is 0 Å². The van der Waals surface area contributed by atoms with Gasteiger partial charge in [0.05, 0.1) is 22.3 Å². The molecule has 0 bridgehead atoms. The van der Waals surface area contributed by atoms with Crippen LogP contribution in [0.3, 0.4) is 0 Å². The molecule has 0 fully saturated rings. The molecule has 0 amide bonds. The van der Waals surface area contributed by atoms with Gasteiger partial charge in [-0.25, -0.2) is 9.31 Å². The summed E-state index contributed by atoms with van der Waals surface area (Å²) in [7, 11) is 0. The number of rotatable bonds is 1. The molecular formula is C8H6ClN2NaO2. The van der Waals surface area contributed by atoms with E-state index in [-0.39, 0.29) is 40.1 Å². The van der Waals surface area contributed by atoms with Crippen molar-refractivity contribution in [2.45, 2.75) is 0 Å². The molecule has 2 aromatic rings. The zero-order valence-corrected chi connectivity index (χ0v) is 7.19. The minimum atomic E-state index is -1.03. The summed E-state index contributed by atoms with van der Waals surface area (Å²) in [5.41, 5.74) is 0.691. The molecule has 0 atom stereocenters. The zero-order valence-electron chi connectivity index (χ0n) is 6.44. The van der Waals surface area contributed by atoms with Crippen LogP contribution in [0.25, 0.3) is 5.52 Å². The molecule has 0 radical (unpaired) electrons. The standard InChI is InChI=1S/C8H5ClN2O2.Na.H/c9-7-5(8(12)13)2-4-11-6(7)1-3-10-11;;/h1-4H,(H,12,13);;. The van der Waals surface area contributed by atoms with Crippen molar-refractivity contribution in [3.8, 4) is 0 Å². The molecule has 2 aromatic heterocycles. The quantitative estimate of drug-likeness (QED) is 0.731. The number of halogens is 1. The predicted molar refractivity (Wildman–Crippen MR) is 54.3 cm³/mol. The van der Waals surface area contributed by atoms with Crippen LogP contribution in [0.1, 0.15) is 10.4 Å². The van der Waals surface area contributed by atoms with Gasteiger partial charge in [0, 0.05) is 6.20 Å². The van der Waals surface area contributed by atoms with Gasteiger partial charge in [-0.2, -0.15) is 5.10 Å². The minimum absolute atomic E-state index is 0. The fraction of sp³-hybridized carbons (Fsp3) is 0. The number of carboxylic acids is 1. The second-order valence-corrected chi connectivity index (χ2v) is 2.89. The molecule has 0 spiro atoms. The number of hydrogen-bond donors (Lipinski definition) is 1. The molecule has 6 heteroatoms. The Hall–Kier alpha value is -0.550. The average molecular weight is 221 g/mol. The summed E-state index contributed by atoms with van der Waals surface area (Å²) in [6.45, 7) is 0. The SMILES string of the molecule is O=C(O)c1ccn2nccc2c1Cl.[NaH]. The second kappa shape index (κ2) is 4.31. The van der Waals surface area contributed by atoms with E-state index in [9.17, 15) is 4.79 Å². The summed E-state index contributed by atoms with van der Waals surface area (Å²) in [6.07, 6.45) is 3.12. The molecule has 0 saturated carbocycles. The van der Waals surface area contributed by atoms with E-state index in [1.807, 2.05) is 0 Å². The molecule has 2 rings (SSSR count). The van der Waals surface area contributed by atoms with Gasteiger partial charge in [0.15, 0.2) is 0 Å². The first-order valence-corrected chi connectivity index (χ1v) is 3.93. The van der Waals surface area contributed by atoms with Gasteiger partial charge in [-0.1, -0.05) is 11.6 Å². The molecule has 1 N–H and O–H groups in total. The van der Waals surface area contributed by atoms with E-state index in [1.165, 1.54) is 10.6 Å². The first kappa shape index (κ1) is 11.5. The van der Waals surface area contributed by atoms with Crippen LogP contribution in [-0.2, 0) is 0 Å². The van der Waals surface area contributed by atoms with Crippen molar-refractivity contribution in [3.63, 3.8) is 0 Å². The van der Waals surface area contributed by atoms with Gasteiger partial charge in [-0.05, 0) is 12.1 Å². The van der Waals surface area contributed by atoms with E-state index in [1.54, 1.807) is 18.5 Å². The van der Waals surface area contributed by atoms with Crippen molar-refractivity contribution in [2.75, 3.05) is 0 Å². The summed E-state index contributed by atoms with van der Waals surface area (Å²) >= 11 is 5.84. The number of fused-ring (bicyclic) bond motifs is 1.